The minimum Gasteiger partial charge on any atom is -0.497 e. The number of methoxy groups -OCH3 is 1. The molecule has 3 aromatic rings. The second kappa shape index (κ2) is 5.22. The van der Waals surface area contributed by atoms with Gasteiger partial charge in [0.2, 0.25) is 0 Å². The number of H-pyrrole nitrogens is 1. The fraction of sp³-hybridized carbons (Fsp3) is 0.0769. The Morgan fingerprint density at radius 2 is 2.11 bits per heavy atom. The fourth-order valence-electron chi connectivity index (χ4n) is 1.69. The van der Waals surface area contributed by atoms with Gasteiger partial charge in [-0.1, -0.05) is 6.07 Å². The minimum atomic E-state index is 0.813. The molecule has 96 valence electrons. The highest BCUT2D eigenvalue weighted by atomic mass is 79.9. The topological polar surface area (TPSA) is 50.8 Å². The Hall–Kier alpha value is -1.53. The summed E-state index contributed by atoms with van der Waals surface area (Å²) in [5.41, 5.74) is 1.87. The average molecular weight is 336 g/mol. The molecule has 0 aliphatic carbocycles. The highest BCUT2D eigenvalue weighted by molar-refractivity contribution is 9.10. The molecule has 1 aromatic carbocycles. The molecule has 0 saturated heterocycles. The smallest absolute Gasteiger partial charge is 0.172 e. The number of hydrogen-bond donors (Lipinski definition) is 1. The van der Waals surface area contributed by atoms with E-state index in [9.17, 15) is 0 Å². The van der Waals surface area contributed by atoms with E-state index < -0.39 is 0 Å². The van der Waals surface area contributed by atoms with Crippen LogP contribution in [0, 0.1) is 0 Å². The second-order valence-corrected chi connectivity index (χ2v) is 5.65. The number of nitrogens with zero attached hydrogens (tertiary/aromatic N) is 2. The molecule has 2 heterocycles. The van der Waals surface area contributed by atoms with E-state index in [4.69, 9.17) is 4.74 Å². The molecule has 4 nitrogen and oxygen atoms in total. The van der Waals surface area contributed by atoms with E-state index in [0.717, 1.165) is 31.6 Å². The number of fused-ring (bicyclic) bond motifs is 1. The summed E-state index contributed by atoms with van der Waals surface area (Å²) in [5.74, 6) is 0.813. The monoisotopic (exact) mass is 335 g/mol. The van der Waals surface area contributed by atoms with Crippen molar-refractivity contribution in [2.75, 3.05) is 7.11 Å². The molecule has 2 aromatic heterocycles. The first-order chi connectivity index (χ1) is 9.24. The van der Waals surface area contributed by atoms with Gasteiger partial charge >= 0.3 is 0 Å². The predicted molar refractivity (Wildman–Crippen MR) is 78.7 cm³/mol. The Morgan fingerprint density at radius 3 is 2.89 bits per heavy atom. The predicted octanol–water partition coefficient (Wildman–Crippen LogP) is 3.88. The molecule has 0 radical (unpaired) electrons. The zero-order chi connectivity index (χ0) is 13.2. The van der Waals surface area contributed by atoms with Gasteiger partial charge in [0.25, 0.3) is 0 Å². The van der Waals surface area contributed by atoms with E-state index in [-0.39, 0.29) is 0 Å². The fourth-order valence-corrected chi connectivity index (χ4v) is 2.94. The summed E-state index contributed by atoms with van der Waals surface area (Å²) < 4.78 is 6.01. The Bertz CT molecular complexity index is 729. The van der Waals surface area contributed by atoms with Crippen LogP contribution in [0.4, 0.5) is 0 Å². The van der Waals surface area contributed by atoms with Crippen LogP contribution in [0.25, 0.3) is 11.0 Å². The highest BCUT2D eigenvalue weighted by Gasteiger charge is 2.06. The lowest BCUT2D eigenvalue weighted by Gasteiger charge is -1.97. The van der Waals surface area contributed by atoms with Gasteiger partial charge in [0.1, 0.15) is 15.4 Å². The SMILES string of the molecule is COc1ccc2nc(Sc3cccc(Br)n3)[nH]c2c1. The summed E-state index contributed by atoms with van der Waals surface area (Å²) >= 11 is 4.85. The van der Waals surface area contributed by atoms with E-state index in [1.165, 1.54) is 11.8 Å². The van der Waals surface area contributed by atoms with Crippen molar-refractivity contribution in [3.63, 3.8) is 0 Å². The molecule has 1 N–H and O–H groups in total. The van der Waals surface area contributed by atoms with E-state index in [0.29, 0.717) is 0 Å². The molecular weight excluding hydrogens is 326 g/mol. The van der Waals surface area contributed by atoms with Crippen LogP contribution in [-0.4, -0.2) is 22.1 Å². The maximum Gasteiger partial charge on any atom is 0.172 e. The molecular formula is C13H10BrN3OS. The summed E-state index contributed by atoms with van der Waals surface area (Å²) in [6, 6.07) is 11.6. The molecule has 19 heavy (non-hydrogen) atoms. The molecule has 0 aliphatic rings. The molecule has 6 heteroatoms. The molecule has 0 spiro atoms. The third kappa shape index (κ3) is 2.74. The molecule has 0 unspecified atom stereocenters. The molecule has 0 amide bonds. The molecule has 0 atom stereocenters. The maximum absolute atomic E-state index is 5.19. The van der Waals surface area contributed by atoms with Crippen molar-refractivity contribution in [1.82, 2.24) is 15.0 Å². The van der Waals surface area contributed by atoms with Crippen molar-refractivity contribution in [3.8, 4) is 5.75 Å². The average Bonchev–Trinajstić information content (AvgIpc) is 2.79. The molecule has 0 aliphatic heterocycles. The number of aromatic amines is 1. The second-order valence-electron chi connectivity index (χ2n) is 3.83. The van der Waals surface area contributed by atoms with E-state index >= 15 is 0 Å². The lowest BCUT2D eigenvalue weighted by Crippen LogP contribution is -1.81. The van der Waals surface area contributed by atoms with Gasteiger partial charge in [0.05, 0.1) is 18.1 Å². The number of halogens is 1. The summed E-state index contributed by atoms with van der Waals surface area (Å²) in [7, 11) is 1.65. The van der Waals surface area contributed by atoms with Crippen LogP contribution in [0.2, 0.25) is 0 Å². The molecule has 3 rings (SSSR count). The summed E-state index contributed by atoms with van der Waals surface area (Å²) in [6.07, 6.45) is 0. The van der Waals surface area contributed by atoms with Crippen molar-refractivity contribution >= 4 is 38.7 Å². The van der Waals surface area contributed by atoms with Crippen molar-refractivity contribution in [1.29, 1.82) is 0 Å². The lowest BCUT2D eigenvalue weighted by atomic mass is 10.3. The Kier molecular flexibility index (Phi) is 3.44. The number of rotatable bonds is 3. The summed E-state index contributed by atoms with van der Waals surface area (Å²) in [4.78, 5) is 12.1. The number of pyridine rings is 1. The molecule has 0 saturated carbocycles. The first-order valence-corrected chi connectivity index (χ1v) is 7.20. The van der Waals surface area contributed by atoms with Gasteiger partial charge in [-0.05, 0) is 52.0 Å². The number of ether oxygens (including phenoxy) is 1. The van der Waals surface area contributed by atoms with Crippen molar-refractivity contribution in [2.45, 2.75) is 10.2 Å². The third-order valence-corrected chi connectivity index (χ3v) is 3.82. The summed E-state index contributed by atoms with van der Waals surface area (Å²) in [5, 5.41) is 1.70. The minimum absolute atomic E-state index is 0.813. The lowest BCUT2D eigenvalue weighted by molar-refractivity contribution is 0.415. The van der Waals surface area contributed by atoms with E-state index in [1.807, 2.05) is 36.4 Å². The Balaban J connectivity index is 1.93. The number of benzene rings is 1. The van der Waals surface area contributed by atoms with Gasteiger partial charge in [-0.25, -0.2) is 9.97 Å². The van der Waals surface area contributed by atoms with Crippen LogP contribution < -0.4 is 4.74 Å². The molecule has 0 fully saturated rings. The van der Waals surface area contributed by atoms with Crippen LogP contribution in [-0.2, 0) is 0 Å². The van der Waals surface area contributed by atoms with Crippen molar-refractivity contribution in [3.05, 3.63) is 41.0 Å². The van der Waals surface area contributed by atoms with E-state index in [2.05, 4.69) is 30.9 Å². The number of hydrogen-bond acceptors (Lipinski definition) is 4. The number of nitrogens with one attached hydrogen (secondary N) is 1. The normalized spacial score (nSPS) is 10.8. The Morgan fingerprint density at radius 1 is 1.21 bits per heavy atom. The number of aromatic nitrogens is 3. The van der Waals surface area contributed by atoms with Crippen LogP contribution in [0.5, 0.6) is 5.75 Å². The van der Waals surface area contributed by atoms with Crippen LogP contribution in [0.3, 0.4) is 0 Å². The maximum atomic E-state index is 5.19. The van der Waals surface area contributed by atoms with Gasteiger partial charge in [-0.15, -0.1) is 0 Å². The van der Waals surface area contributed by atoms with Crippen molar-refractivity contribution < 1.29 is 4.74 Å². The van der Waals surface area contributed by atoms with Gasteiger partial charge in [0.15, 0.2) is 5.16 Å². The van der Waals surface area contributed by atoms with Crippen LogP contribution in [0.1, 0.15) is 0 Å². The first-order valence-electron chi connectivity index (χ1n) is 5.59. The van der Waals surface area contributed by atoms with Gasteiger partial charge in [0, 0.05) is 6.07 Å². The Labute approximate surface area is 122 Å². The van der Waals surface area contributed by atoms with E-state index in [1.54, 1.807) is 7.11 Å². The third-order valence-electron chi connectivity index (χ3n) is 2.56. The largest absolute Gasteiger partial charge is 0.497 e. The summed E-state index contributed by atoms with van der Waals surface area (Å²) in [6.45, 7) is 0. The van der Waals surface area contributed by atoms with Gasteiger partial charge in [-0.2, -0.15) is 0 Å². The molecule has 0 bridgehead atoms. The van der Waals surface area contributed by atoms with Gasteiger partial charge in [-0.3, -0.25) is 0 Å². The zero-order valence-electron chi connectivity index (χ0n) is 10.1. The van der Waals surface area contributed by atoms with Crippen LogP contribution in [0.15, 0.2) is 51.2 Å². The number of imidazole rings is 1. The quantitative estimate of drug-likeness (QED) is 0.738. The zero-order valence-corrected chi connectivity index (χ0v) is 12.5. The standard InChI is InChI=1S/C13H10BrN3OS/c1-18-8-5-6-9-10(7-8)16-13(15-9)19-12-4-2-3-11(14)17-12/h2-7H,1H3,(H,15,16). The van der Waals surface area contributed by atoms with Crippen molar-refractivity contribution in [2.24, 2.45) is 0 Å². The first kappa shape index (κ1) is 12.5. The highest BCUT2D eigenvalue weighted by Crippen LogP contribution is 2.27. The van der Waals surface area contributed by atoms with Crippen LogP contribution >= 0.6 is 27.7 Å². The van der Waals surface area contributed by atoms with Gasteiger partial charge < -0.3 is 9.72 Å².